The van der Waals surface area contributed by atoms with Crippen LogP contribution in [0.5, 0.6) is 0 Å². The molecule has 4 nitrogen and oxygen atoms in total. The highest BCUT2D eigenvalue weighted by Crippen LogP contribution is 2.28. The van der Waals surface area contributed by atoms with E-state index in [9.17, 15) is 9.59 Å². The highest BCUT2D eigenvalue weighted by Gasteiger charge is 2.33. The maximum Gasteiger partial charge on any atom is 0.306 e. The van der Waals surface area contributed by atoms with E-state index in [2.05, 4.69) is 5.32 Å². The van der Waals surface area contributed by atoms with Gasteiger partial charge in [0, 0.05) is 6.92 Å². The van der Waals surface area contributed by atoms with Crippen molar-refractivity contribution in [2.75, 3.05) is 0 Å². The monoisotopic (exact) mass is 235 g/mol. The molecule has 0 aromatic heterocycles. The molecule has 0 saturated carbocycles. The average molecular weight is 235 g/mol. The Labute approximate surface area is 101 Å². The molecular formula is C13H17NO3. The molecule has 0 bridgehead atoms. The van der Waals surface area contributed by atoms with Crippen LogP contribution in [0.2, 0.25) is 0 Å². The summed E-state index contributed by atoms with van der Waals surface area (Å²) in [6.07, 6.45) is 0.413. The predicted molar refractivity (Wildman–Crippen MR) is 64.5 cm³/mol. The van der Waals surface area contributed by atoms with Crippen LogP contribution < -0.4 is 5.32 Å². The van der Waals surface area contributed by atoms with Crippen molar-refractivity contribution in [3.63, 3.8) is 0 Å². The second-order valence-electron chi connectivity index (χ2n) is 4.05. The smallest absolute Gasteiger partial charge is 0.306 e. The van der Waals surface area contributed by atoms with Crippen molar-refractivity contribution in [2.24, 2.45) is 0 Å². The third-order valence-electron chi connectivity index (χ3n) is 2.80. The first-order valence-electron chi connectivity index (χ1n) is 5.56. The highest BCUT2D eigenvalue weighted by atomic mass is 16.4. The number of carboxylic acids is 1. The lowest BCUT2D eigenvalue weighted by atomic mass is 9.84. The number of rotatable bonds is 5. The SMILES string of the molecule is CC[C@](CC(=O)O)(NC(C)=O)c1ccccc1. The molecule has 0 radical (unpaired) electrons. The van der Waals surface area contributed by atoms with E-state index in [4.69, 9.17) is 5.11 Å². The Bertz CT molecular complexity index is 384. The molecule has 0 aliphatic carbocycles. The fourth-order valence-corrected chi connectivity index (χ4v) is 1.99. The molecule has 1 rings (SSSR count). The van der Waals surface area contributed by atoms with Crippen LogP contribution in [0.4, 0.5) is 0 Å². The normalized spacial score (nSPS) is 13.8. The summed E-state index contributed by atoms with van der Waals surface area (Å²) in [5.41, 5.74) is -0.000972. The van der Waals surface area contributed by atoms with Gasteiger partial charge in [0.2, 0.25) is 5.91 Å². The van der Waals surface area contributed by atoms with E-state index >= 15 is 0 Å². The van der Waals surface area contributed by atoms with Crippen LogP contribution in [0, 0.1) is 0 Å². The second-order valence-corrected chi connectivity index (χ2v) is 4.05. The van der Waals surface area contributed by atoms with Crippen LogP contribution in [0.3, 0.4) is 0 Å². The lowest BCUT2D eigenvalue weighted by molar-refractivity contribution is -0.139. The molecule has 0 aliphatic heterocycles. The lowest BCUT2D eigenvalue weighted by Crippen LogP contribution is -2.46. The maximum absolute atomic E-state index is 11.3. The van der Waals surface area contributed by atoms with E-state index in [0.29, 0.717) is 6.42 Å². The molecule has 2 N–H and O–H groups in total. The van der Waals surface area contributed by atoms with E-state index in [-0.39, 0.29) is 12.3 Å². The van der Waals surface area contributed by atoms with E-state index in [0.717, 1.165) is 5.56 Å². The zero-order chi connectivity index (χ0) is 12.9. The zero-order valence-electron chi connectivity index (χ0n) is 10.1. The number of aliphatic carboxylic acids is 1. The van der Waals surface area contributed by atoms with Crippen LogP contribution in [-0.4, -0.2) is 17.0 Å². The number of carboxylic acid groups (broad SMARTS) is 1. The van der Waals surface area contributed by atoms with Gasteiger partial charge in [-0.2, -0.15) is 0 Å². The Morgan fingerprint density at radius 1 is 1.29 bits per heavy atom. The van der Waals surface area contributed by atoms with Gasteiger partial charge in [-0.25, -0.2) is 0 Å². The molecule has 0 heterocycles. The van der Waals surface area contributed by atoms with Gasteiger partial charge in [0.15, 0.2) is 0 Å². The van der Waals surface area contributed by atoms with Crippen molar-refractivity contribution in [1.82, 2.24) is 5.32 Å². The van der Waals surface area contributed by atoms with Gasteiger partial charge in [-0.15, -0.1) is 0 Å². The predicted octanol–water partition coefficient (Wildman–Crippen LogP) is 1.90. The average Bonchev–Trinajstić information content (AvgIpc) is 2.28. The molecule has 1 amide bonds. The third-order valence-corrected chi connectivity index (χ3v) is 2.80. The quantitative estimate of drug-likeness (QED) is 0.819. The van der Waals surface area contributed by atoms with Gasteiger partial charge in [-0.05, 0) is 12.0 Å². The molecule has 0 spiro atoms. The first-order valence-corrected chi connectivity index (χ1v) is 5.56. The summed E-state index contributed by atoms with van der Waals surface area (Å²) in [7, 11) is 0. The number of carbonyl (C=O) groups is 2. The number of hydrogen-bond acceptors (Lipinski definition) is 2. The molecule has 1 aromatic rings. The van der Waals surface area contributed by atoms with Crippen molar-refractivity contribution in [1.29, 1.82) is 0 Å². The molecule has 1 atom stereocenters. The lowest BCUT2D eigenvalue weighted by Gasteiger charge is -2.32. The molecule has 17 heavy (non-hydrogen) atoms. The topological polar surface area (TPSA) is 66.4 Å². The summed E-state index contributed by atoms with van der Waals surface area (Å²) in [6.45, 7) is 3.26. The van der Waals surface area contributed by atoms with Gasteiger partial charge in [0.25, 0.3) is 0 Å². The van der Waals surface area contributed by atoms with Crippen molar-refractivity contribution in [3.8, 4) is 0 Å². The third kappa shape index (κ3) is 3.31. The minimum absolute atomic E-state index is 0.118. The van der Waals surface area contributed by atoms with E-state index < -0.39 is 11.5 Å². The van der Waals surface area contributed by atoms with Gasteiger partial charge in [-0.3, -0.25) is 9.59 Å². The van der Waals surface area contributed by atoms with E-state index in [1.54, 1.807) is 0 Å². The Morgan fingerprint density at radius 3 is 2.29 bits per heavy atom. The van der Waals surface area contributed by atoms with Gasteiger partial charge < -0.3 is 10.4 Å². The van der Waals surface area contributed by atoms with Gasteiger partial charge >= 0.3 is 5.97 Å². The summed E-state index contributed by atoms with van der Waals surface area (Å²) in [5, 5.41) is 11.8. The molecule has 0 saturated heterocycles. The molecule has 1 aromatic carbocycles. The van der Waals surface area contributed by atoms with Gasteiger partial charge in [-0.1, -0.05) is 37.3 Å². The molecule has 92 valence electrons. The largest absolute Gasteiger partial charge is 0.481 e. The first-order chi connectivity index (χ1) is 8.00. The van der Waals surface area contributed by atoms with Crippen molar-refractivity contribution in [3.05, 3.63) is 35.9 Å². The van der Waals surface area contributed by atoms with E-state index in [1.165, 1.54) is 6.92 Å². The van der Waals surface area contributed by atoms with Crippen LogP contribution >= 0.6 is 0 Å². The van der Waals surface area contributed by atoms with Gasteiger partial charge in [0.1, 0.15) is 0 Å². The molecule has 0 aliphatic rings. The van der Waals surface area contributed by atoms with Gasteiger partial charge in [0.05, 0.1) is 12.0 Å². The number of nitrogens with one attached hydrogen (secondary N) is 1. The summed E-state index contributed by atoms with van der Waals surface area (Å²) < 4.78 is 0. The Morgan fingerprint density at radius 2 is 1.88 bits per heavy atom. The fraction of sp³-hybridized carbons (Fsp3) is 0.385. The van der Waals surface area contributed by atoms with Crippen LogP contribution in [0.15, 0.2) is 30.3 Å². The minimum atomic E-state index is -0.926. The molecule has 0 fully saturated rings. The highest BCUT2D eigenvalue weighted by molar-refractivity contribution is 5.76. The van der Waals surface area contributed by atoms with Crippen molar-refractivity contribution < 1.29 is 14.7 Å². The first kappa shape index (κ1) is 13.2. The summed E-state index contributed by atoms with van der Waals surface area (Å²) >= 11 is 0. The Balaban J connectivity index is 3.15. The van der Waals surface area contributed by atoms with Crippen molar-refractivity contribution >= 4 is 11.9 Å². The number of carbonyl (C=O) groups excluding carboxylic acids is 1. The Hall–Kier alpha value is -1.84. The molecule has 4 heteroatoms. The molecular weight excluding hydrogens is 218 g/mol. The minimum Gasteiger partial charge on any atom is -0.481 e. The second kappa shape index (κ2) is 5.48. The summed E-state index contributed by atoms with van der Waals surface area (Å²) in [6, 6.07) is 9.20. The van der Waals surface area contributed by atoms with Crippen LogP contribution in [-0.2, 0) is 15.1 Å². The van der Waals surface area contributed by atoms with E-state index in [1.807, 2.05) is 37.3 Å². The standard InChI is InChI=1S/C13H17NO3/c1-3-13(9-12(16)17,14-10(2)15)11-7-5-4-6-8-11/h4-8H,3,9H2,1-2H3,(H,14,15)(H,16,17)/t13-/m1/s1. The zero-order valence-corrected chi connectivity index (χ0v) is 10.1. The number of benzene rings is 1. The van der Waals surface area contributed by atoms with Crippen molar-refractivity contribution in [2.45, 2.75) is 32.2 Å². The fourth-order valence-electron chi connectivity index (χ4n) is 1.99. The van der Waals surface area contributed by atoms with Crippen LogP contribution in [0.1, 0.15) is 32.3 Å². The van der Waals surface area contributed by atoms with Crippen LogP contribution in [0.25, 0.3) is 0 Å². The Kier molecular flexibility index (Phi) is 4.26. The maximum atomic E-state index is 11.3. The summed E-state index contributed by atoms with van der Waals surface area (Å²) in [4.78, 5) is 22.2. The number of hydrogen-bond donors (Lipinski definition) is 2. The molecule has 0 unspecified atom stereocenters. The summed E-state index contributed by atoms with van der Waals surface area (Å²) in [5.74, 6) is -1.15. The number of amides is 1.